The molecule has 0 unspecified atom stereocenters. The van der Waals surface area contributed by atoms with Crippen LogP contribution in [0.4, 0.5) is 4.39 Å². The van der Waals surface area contributed by atoms with E-state index in [1.54, 1.807) is 18.3 Å². The molecule has 0 radical (unpaired) electrons. The maximum Gasteiger partial charge on any atom is 0.437 e. The van der Waals surface area contributed by atoms with Gasteiger partial charge < -0.3 is 4.42 Å². The Morgan fingerprint density at radius 3 is 2.65 bits per heavy atom. The predicted octanol–water partition coefficient (Wildman–Crippen LogP) is 2.09. The van der Waals surface area contributed by atoms with Crippen molar-refractivity contribution < 1.29 is 8.81 Å². The Morgan fingerprint density at radius 1 is 1.15 bits per heavy atom. The molecular weight excluding hydrogens is 261 g/mol. The topological polar surface area (TPSA) is 60.9 Å². The molecule has 0 atom stereocenters. The second kappa shape index (κ2) is 5.08. The fourth-order valence-corrected chi connectivity index (χ4v) is 1.76. The zero-order valence-electron chi connectivity index (χ0n) is 10.4. The van der Waals surface area contributed by atoms with Crippen LogP contribution in [0.1, 0.15) is 5.69 Å². The van der Waals surface area contributed by atoms with Crippen molar-refractivity contribution in [2.75, 3.05) is 0 Å². The summed E-state index contributed by atoms with van der Waals surface area (Å²) >= 11 is 0. The van der Waals surface area contributed by atoms with E-state index in [4.69, 9.17) is 4.42 Å². The van der Waals surface area contributed by atoms with Gasteiger partial charge in [-0.05, 0) is 36.4 Å². The van der Waals surface area contributed by atoms with Crippen LogP contribution in [-0.4, -0.2) is 14.8 Å². The third kappa shape index (κ3) is 2.49. The quantitative estimate of drug-likeness (QED) is 0.731. The number of hydrogen-bond acceptors (Lipinski definition) is 4. The second-order valence-electron chi connectivity index (χ2n) is 4.16. The first kappa shape index (κ1) is 12.3. The summed E-state index contributed by atoms with van der Waals surface area (Å²) in [5.74, 6) is -0.773. The molecule has 1 aromatic carbocycles. The van der Waals surface area contributed by atoms with Crippen molar-refractivity contribution in [1.82, 2.24) is 14.8 Å². The Morgan fingerprint density at radius 2 is 1.95 bits per heavy atom. The molecule has 0 amide bonds. The van der Waals surface area contributed by atoms with Gasteiger partial charge >= 0.3 is 5.76 Å². The number of rotatable bonds is 3. The van der Waals surface area contributed by atoms with Gasteiger partial charge in [-0.1, -0.05) is 6.07 Å². The molecule has 2 heterocycles. The van der Waals surface area contributed by atoms with Crippen LogP contribution in [0.15, 0.2) is 57.9 Å². The Labute approximate surface area is 113 Å². The average molecular weight is 271 g/mol. The molecule has 0 saturated heterocycles. The Hall–Kier alpha value is -2.76. The second-order valence-corrected chi connectivity index (χ2v) is 4.16. The molecular formula is C14H10FN3O2. The third-order valence-electron chi connectivity index (χ3n) is 2.74. The SMILES string of the molecule is O=c1oc(-c2ccc(F)cc2)nn1Cc1ccccn1. The van der Waals surface area contributed by atoms with Crippen LogP contribution in [0.5, 0.6) is 0 Å². The molecule has 100 valence electrons. The highest BCUT2D eigenvalue weighted by molar-refractivity contribution is 5.51. The molecule has 0 N–H and O–H groups in total. The van der Waals surface area contributed by atoms with Crippen LogP contribution in [0.25, 0.3) is 11.5 Å². The van der Waals surface area contributed by atoms with Crippen LogP contribution in [-0.2, 0) is 6.54 Å². The third-order valence-corrected chi connectivity index (χ3v) is 2.74. The maximum absolute atomic E-state index is 12.8. The number of halogens is 1. The van der Waals surface area contributed by atoms with E-state index in [1.165, 1.54) is 28.9 Å². The van der Waals surface area contributed by atoms with Gasteiger partial charge in [0.1, 0.15) is 5.82 Å². The predicted molar refractivity (Wildman–Crippen MR) is 69.5 cm³/mol. The van der Waals surface area contributed by atoms with Crippen molar-refractivity contribution in [2.45, 2.75) is 6.54 Å². The number of benzene rings is 1. The smallest absolute Gasteiger partial charge is 0.388 e. The molecule has 3 aromatic rings. The van der Waals surface area contributed by atoms with Gasteiger partial charge in [0.15, 0.2) is 0 Å². The van der Waals surface area contributed by atoms with Gasteiger partial charge in [0, 0.05) is 11.8 Å². The minimum Gasteiger partial charge on any atom is -0.388 e. The first-order valence-corrected chi connectivity index (χ1v) is 5.96. The minimum atomic E-state index is -0.574. The van der Waals surface area contributed by atoms with Gasteiger partial charge in [0.05, 0.1) is 12.2 Å². The molecule has 0 aliphatic carbocycles. The fraction of sp³-hybridized carbons (Fsp3) is 0.0714. The molecule has 0 fully saturated rings. The normalized spacial score (nSPS) is 10.7. The highest BCUT2D eigenvalue weighted by Crippen LogP contribution is 2.15. The summed E-state index contributed by atoms with van der Waals surface area (Å²) in [5.41, 5.74) is 1.25. The lowest BCUT2D eigenvalue weighted by atomic mass is 10.2. The first-order chi connectivity index (χ1) is 9.72. The molecule has 0 bridgehead atoms. The van der Waals surface area contributed by atoms with Gasteiger partial charge in [0.25, 0.3) is 0 Å². The molecule has 0 aliphatic rings. The summed E-state index contributed by atoms with van der Waals surface area (Å²) in [5, 5.41) is 4.08. The van der Waals surface area contributed by atoms with E-state index in [-0.39, 0.29) is 18.3 Å². The first-order valence-electron chi connectivity index (χ1n) is 5.96. The van der Waals surface area contributed by atoms with Crippen molar-refractivity contribution in [3.8, 4) is 11.5 Å². The largest absolute Gasteiger partial charge is 0.437 e. The van der Waals surface area contributed by atoms with Crippen molar-refractivity contribution in [1.29, 1.82) is 0 Å². The van der Waals surface area contributed by atoms with E-state index in [2.05, 4.69) is 10.1 Å². The maximum atomic E-state index is 12.8. The van der Waals surface area contributed by atoms with Gasteiger partial charge in [-0.2, -0.15) is 4.68 Å². The summed E-state index contributed by atoms with van der Waals surface area (Å²) in [4.78, 5) is 15.8. The van der Waals surface area contributed by atoms with E-state index >= 15 is 0 Å². The number of pyridine rings is 1. The van der Waals surface area contributed by atoms with Crippen LogP contribution in [0.3, 0.4) is 0 Å². The van der Waals surface area contributed by atoms with E-state index in [1.807, 2.05) is 6.07 Å². The van der Waals surface area contributed by atoms with E-state index < -0.39 is 5.76 Å². The van der Waals surface area contributed by atoms with E-state index in [0.29, 0.717) is 11.3 Å². The molecule has 20 heavy (non-hydrogen) atoms. The molecule has 5 nitrogen and oxygen atoms in total. The lowest BCUT2D eigenvalue weighted by Crippen LogP contribution is -2.17. The van der Waals surface area contributed by atoms with E-state index in [0.717, 1.165) is 0 Å². The fourth-order valence-electron chi connectivity index (χ4n) is 1.76. The number of aromatic nitrogens is 3. The van der Waals surface area contributed by atoms with Gasteiger partial charge in [-0.3, -0.25) is 4.98 Å². The molecule has 0 spiro atoms. The van der Waals surface area contributed by atoms with Crippen molar-refractivity contribution in [2.24, 2.45) is 0 Å². The van der Waals surface area contributed by atoms with Crippen LogP contribution >= 0.6 is 0 Å². The van der Waals surface area contributed by atoms with Crippen LogP contribution in [0, 0.1) is 5.82 Å². The Bertz CT molecular complexity index is 763. The Balaban J connectivity index is 1.91. The van der Waals surface area contributed by atoms with Crippen LogP contribution in [0.2, 0.25) is 0 Å². The number of nitrogens with zero attached hydrogens (tertiary/aromatic N) is 3. The van der Waals surface area contributed by atoms with Gasteiger partial charge in [0.2, 0.25) is 5.89 Å². The highest BCUT2D eigenvalue weighted by Gasteiger charge is 2.10. The van der Waals surface area contributed by atoms with Gasteiger partial charge in [-0.25, -0.2) is 9.18 Å². The monoisotopic (exact) mass is 271 g/mol. The van der Waals surface area contributed by atoms with Crippen LogP contribution < -0.4 is 5.76 Å². The zero-order valence-corrected chi connectivity index (χ0v) is 10.4. The lowest BCUT2D eigenvalue weighted by Gasteiger charge is -1.97. The van der Waals surface area contributed by atoms with E-state index in [9.17, 15) is 9.18 Å². The summed E-state index contributed by atoms with van der Waals surface area (Å²) < 4.78 is 19.1. The van der Waals surface area contributed by atoms with Crippen molar-refractivity contribution >= 4 is 0 Å². The standard InChI is InChI=1S/C14H10FN3O2/c15-11-6-4-10(5-7-11)13-17-18(14(19)20-13)9-12-3-1-2-8-16-12/h1-8H,9H2. The average Bonchev–Trinajstić information content (AvgIpc) is 2.82. The van der Waals surface area contributed by atoms with Gasteiger partial charge in [-0.15, -0.1) is 5.10 Å². The molecule has 3 rings (SSSR count). The minimum absolute atomic E-state index is 0.158. The molecule has 6 heteroatoms. The summed E-state index contributed by atoms with van der Waals surface area (Å²) in [6.07, 6.45) is 1.64. The molecule has 0 saturated carbocycles. The van der Waals surface area contributed by atoms with Crippen molar-refractivity contribution in [3.05, 3.63) is 70.7 Å². The molecule has 0 aliphatic heterocycles. The Kier molecular flexibility index (Phi) is 3.12. The summed E-state index contributed by atoms with van der Waals surface area (Å²) in [7, 11) is 0. The lowest BCUT2D eigenvalue weighted by molar-refractivity contribution is 0.493. The zero-order chi connectivity index (χ0) is 13.9. The summed E-state index contributed by atoms with van der Waals surface area (Å²) in [6, 6.07) is 11.0. The van der Waals surface area contributed by atoms with Crippen molar-refractivity contribution in [3.63, 3.8) is 0 Å². The summed E-state index contributed by atoms with van der Waals surface area (Å²) in [6.45, 7) is 0.227. The highest BCUT2D eigenvalue weighted by atomic mass is 19.1. The number of hydrogen-bond donors (Lipinski definition) is 0. The molecule has 2 aromatic heterocycles.